The zero-order valence-corrected chi connectivity index (χ0v) is 28.8. The Morgan fingerprint density at radius 2 is 1.46 bits per heavy atom. The number of amides is 2. The van der Waals surface area contributed by atoms with Gasteiger partial charge < -0.3 is 20.1 Å². The Kier molecular flexibility index (Phi) is 10.5. The average Bonchev–Trinajstić information content (AvgIpc) is 3.10. The van der Waals surface area contributed by atoms with Gasteiger partial charge in [0.25, 0.3) is 16.0 Å². The molecule has 0 bridgehead atoms. The van der Waals surface area contributed by atoms with Crippen molar-refractivity contribution in [2.75, 3.05) is 30.8 Å². The quantitative estimate of drug-likeness (QED) is 0.122. The maximum absolute atomic E-state index is 14.0. The van der Waals surface area contributed by atoms with Crippen LogP contribution >= 0.6 is 11.6 Å². The number of carbonyl (C=O) groups excluding carboxylic acids is 2. The van der Waals surface area contributed by atoms with Crippen molar-refractivity contribution in [3.63, 3.8) is 0 Å². The lowest BCUT2D eigenvalue weighted by molar-refractivity contribution is -0.117. The first-order valence-electron chi connectivity index (χ1n) is 16.0. The normalized spacial score (nSPS) is 12.9. The summed E-state index contributed by atoms with van der Waals surface area (Å²) in [7, 11) is -4.19. The second-order valence-corrected chi connectivity index (χ2v) is 14.0. The van der Waals surface area contributed by atoms with Crippen molar-refractivity contribution in [1.82, 2.24) is 5.32 Å². The zero-order valence-electron chi connectivity index (χ0n) is 27.2. The fourth-order valence-electron chi connectivity index (χ4n) is 5.83. The van der Waals surface area contributed by atoms with Crippen LogP contribution in [0.1, 0.15) is 33.0 Å². The molecule has 3 N–H and O–H groups in total. The lowest BCUT2D eigenvalue weighted by atomic mass is 9.89. The van der Waals surface area contributed by atoms with Gasteiger partial charge in [0, 0.05) is 22.8 Å². The van der Waals surface area contributed by atoms with Gasteiger partial charge in [-0.2, -0.15) is 8.42 Å². The summed E-state index contributed by atoms with van der Waals surface area (Å²) in [5, 5.41) is 6.24. The third-order valence-corrected chi connectivity index (χ3v) is 9.41. The first-order valence-corrected chi connectivity index (χ1v) is 18.0. The van der Waals surface area contributed by atoms with Gasteiger partial charge in [-0.05, 0) is 101 Å². The number of ether oxygens (including phenoxy) is 2. The second kappa shape index (κ2) is 15.2. The van der Waals surface area contributed by atoms with Crippen molar-refractivity contribution in [3.05, 3.63) is 136 Å². The van der Waals surface area contributed by atoms with Crippen LogP contribution in [-0.4, -0.2) is 50.3 Å². The number of carbonyl (C=O) groups is 2. The van der Waals surface area contributed by atoms with Crippen LogP contribution in [0, 0.1) is 6.92 Å². The summed E-state index contributed by atoms with van der Waals surface area (Å²) in [6.07, 6.45) is 0.349. The molecule has 0 radical (unpaired) electrons. The molecule has 0 aliphatic carbocycles. The lowest BCUT2D eigenvalue weighted by Gasteiger charge is -2.20. The summed E-state index contributed by atoms with van der Waals surface area (Å²) >= 11 is 6.14. The van der Waals surface area contributed by atoms with E-state index < -0.39 is 27.7 Å². The smallest absolute Gasteiger partial charge is 0.266 e. The molecule has 2 amide bonds. The number of anilines is 1. The summed E-state index contributed by atoms with van der Waals surface area (Å²) in [5.74, 6) is -0.406. The van der Waals surface area contributed by atoms with Crippen LogP contribution in [0.4, 0.5) is 5.69 Å². The largest absolute Gasteiger partial charge is 0.486 e. The van der Waals surface area contributed by atoms with Crippen LogP contribution in [-0.2, 0) is 21.3 Å². The molecule has 0 spiro atoms. The monoisotopic (exact) mass is 710 g/mol. The maximum Gasteiger partial charge on any atom is 0.266 e. The number of aryl methyl sites for hydroxylation is 1. The van der Waals surface area contributed by atoms with Crippen molar-refractivity contribution in [2.24, 2.45) is 0 Å². The third-order valence-electron chi connectivity index (χ3n) is 8.46. The minimum absolute atomic E-state index is 0.195. The Labute approximate surface area is 296 Å². The van der Waals surface area contributed by atoms with E-state index in [2.05, 4.69) is 10.6 Å². The maximum atomic E-state index is 14.0. The first kappa shape index (κ1) is 34.7. The molecule has 1 aliphatic rings. The molecule has 6 rings (SSSR count). The molecule has 1 atom stereocenters. The molecule has 50 heavy (non-hydrogen) atoms. The van der Waals surface area contributed by atoms with Gasteiger partial charge in [0.2, 0.25) is 5.91 Å². The van der Waals surface area contributed by atoms with Gasteiger partial charge in [0.15, 0.2) is 11.5 Å². The summed E-state index contributed by atoms with van der Waals surface area (Å²) < 4.78 is 42.3. The molecule has 256 valence electrons. The van der Waals surface area contributed by atoms with E-state index in [0.29, 0.717) is 47.4 Å². The molecule has 5 aromatic carbocycles. The minimum Gasteiger partial charge on any atom is -0.486 e. The molecule has 5 aromatic rings. The highest BCUT2D eigenvalue weighted by Gasteiger charge is 2.23. The summed E-state index contributed by atoms with van der Waals surface area (Å²) in [6.45, 7) is 2.80. The highest BCUT2D eigenvalue weighted by molar-refractivity contribution is 7.85. The van der Waals surface area contributed by atoms with Crippen molar-refractivity contribution >= 4 is 39.2 Å². The molecule has 0 saturated carbocycles. The number of benzene rings is 5. The van der Waals surface area contributed by atoms with Gasteiger partial charge in [-0.3, -0.25) is 14.1 Å². The molecular weight excluding hydrogens is 676 g/mol. The van der Waals surface area contributed by atoms with Crippen LogP contribution in [0.25, 0.3) is 22.3 Å². The Morgan fingerprint density at radius 3 is 2.14 bits per heavy atom. The standard InChI is InChI=1S/C39H35ClN2O7S/c1-25-22-32(40)13-16-34(25)28-10-14-33(15-11-28)42-39(44)35(23-26-2-4-30(5-3-26)38(43)41-18-21-50(45,46)47)29-8-6-27(7-9-29)31-12-17-36-37(24-31)49-20-19-48-36/h2-17,22,24,35H,18-21,23H2,1H3,(H,41,43)(H,42,44)(H,45,46,47). The van der Waals surface area contributed by atoms with Crippen LogP contribution < -0.4 is 20.1 Å². The van der Waals surface area contributed by atoms with Gasteiger partial charge in [-0.25, -0.2) is 0 Å². The fraction of sp³-hybridized carbons (Fsp3) is 0.179. The van der Waals surface area contributed by atoms with E-state index >= 15 is 0 Å². The highest BCUT2D eigenvalue weighted by Crippen LogP contribution is 2.35. The highest BCUT2D eigenvalue weighted by atomic mass is 35.5. The van der Waals surface area contributed by atoms with E-state index in [9.17, 15) is 18.0 Å². The molecule has 1 unspecified atom stereocenters. The molecule has 11 heteroatoms. The zero-order chi connectivity index (χ0) is 35.3. The number of halogens is 1. The summed E-state index contributed by atoms with van der Waals surface area (Å²) in [4.78, 5) is 26.5. The number of nitrogens with one attached hydrogen (secondary N) is 2. The van der Waals surface area contributed by atoms with Crippen molar-refractivity contribution in [3.8, 4) is 33.8 Å². The summed E-state index contributed by atoms with van der Waals surface area (Å²) in [5.41, 5.74) is 7.64. The Morgan fingerprint density at radius 1 is 0.800 bits per heavy atom. The number of fused-ring (bicyclic) bond motifs is 1. The SMILES string of the molecule is Cc1cc(Cl)ccc1-c1ccc(NC(=O)C(Cc2ccc(C(=O)NCCS(=O)(=O)O)cc2)c2ccc(-c3ccc4c(c3)OCCO4)cc2)cc1. The fourth-order valence-corrected chi connectivity index (χ4v) is 6.42. The number of rotatable bonds is 11. The molecule has 1 heterocycles. The summed E-state index contributed by atoms with van der Waals surface area (Å²) in [6, 6.07) is 33.9. The lowest BCUT2D eigenvalue weighted by Crippen LogP contribution is -2.28. The van der Waals surface area contributed by atoms with E-state index in [1.807, 2.05) is 91.9 Å². The van der Waals surface area contributed by atoms with E-state index in [1.54, 1.807) is 24.3 Å². The minimum atomic E-state index is -4.19. The van der Waals surface area contributed by atoms with Crippen LogP contribution in [0.5, 0.6) is 11.5 Å². The third kappa shape index (κ3) is 8.70. The van der Waals surface area contributed by atoms with Crippen LogP contribution in [0.15, 0.2) is 109 Å². The predicted molar refractivity (Wildman–Crippen MR) is 195 cm³/mol. The van der Waals surface area contributed by atoms with Gasteiger partial charge in [-0.15, -0.1) is 0 Å². The van der Waals surface area contributed by atoms with E-state index in [0.717, 1.165) is 38.9 Å². The molecule has 0 fully saturated rings. The Bertz CT molecular complexity index is 2120. The molecule has 0 saturated heterocycles. The molecule has 0 aromatic heterocycles. The Balaban J connectivity index is 1.22. The molecular formula is C39H35ClN2O7S. The molecule has 9 nitrogen and oxygen atoms in total. The van der Waals surface area contributed by atoms with Crippen LogP contribution in [0.3, 0.4) is 0 Å². The molecule has 1 aliphatic heterocycles. The van der Waals surface area contributed by atoms with Crippen molar-refractivity contribution in [1.29, 1.82) is 0 Å². The van der Waals surface area contributed by atoms with Crippen molar-refractivity contribution < 1.29 is 32.0 Å². The Hall–Kier alpha value is -5.16. The average molecular weight is 711 g/mol. The predicted octanol–water partition coefficient (Wildman–Crippen LogP) is 7.34. The van der Waals surface area contributed by atoms with E-state index in [4.69, 9.17) is 25.6 Å². The van der Waals surface area contributed by atoms with Gasteiger partial charge in [0.1, 0.15) is 13.2 Å². The van der Waals surface area contributed by atoms with E-state index in [-0.39, 0.29) is 12.5 Å². The first-order chi connectivity index (χ1) is 24.0. The van der Waals surface area contributed by atoms with E-state index in [1.165, 1.54) is 0 Å². The van der Waals surface area contributed by atoms with Crippen molar-refractivity contribution in [2.45, 2.75) is 19.3 Å². The van der Waals surface area contributed by atoms with Crippen LogP contribution in [0.2, 0.25) is 5.02 Å². The van der Waals surface area contributed by atoms with Gasteiger partial charge >= 0.3 is 0 Å². The van der Waals surface area contributed by atoms with Gasteiger partial charge in [-0.1, -0.05) is 72.3 Å². The van der Waals surface area contributed by atoms with Gasteiger partial charge in [0.05, 0.1) is 11.7 Å². The second-order valence-electron chi connectivity index (χ2n) is 12.0. The number of hydrogen-bond acceptors (Lipinski definition) is 6. The number of hydrogen-bond donors (Lipinski definition) is 3. The topological polar surface area (TPSA) is 131 Å².